The van der Waals surface area contributed by atoms with Crippen LogP contribution in [0.5, 0.6) is 0 Å². The topological polar surface area (TPSA) is 37.4 Å². The van der Waals surface area contributed by atoms with Crippen molar-refractivity contribution >= 4 is 27.3 Å². The Morgan fingerprint density at radius 2 is 1.75 bits per heavy atom. The zero-order valence-corrected chi connectivity index (χ0v) is 12.9. The lowest BCUT2D eigenvalue weighted by molar-refractivity contribution is 0.592. The summed E-state index contributed by atoms with van der Waals surface area (Å²) >= 11 is 5.80. The number of halogens is 1. The van der Waals surface area contributed by atoms with Crippen LogP contribution >= 0.6 is 11.6 Å². The van der Waals surface area contributed by atoms with Crippen molar-refractivity contribution in [2.24, 2.45) is 0 Å². The van der Waals surface area contributed by atoms with Crippen LogP contribution in [0.2, 0.25) is 5.02 Å². The van der Waals surface area contributed by atoms with Crippen molar-refractivity contribution in [3.05, 3.63) is 59.1 Å². The van der Waals surface area contributed by atoms with E-state index in [2.05, 4.69) is 0 Å². The van der Waals surface area contributed by atoms with Crippen molar-refractivity contribution in [2.75, 3.05) is 10.8 Å². The molecule has 0 aliphatic heterocycles. The standard InChI is InChI=1S/C15H16ClNO2S/c1-3-17(14-6-4-5-12(2)11-14)20(18,19)15-9-7-13(16)8-10-15/h4-11H,3H2,1-2H3. The smallest absolute Gasteiger partial charge is 0.264 e. The van der Waals surface area contributed by atoms with Crippen LogP contribution in [0.25, 0.3) is 0 Å². The summed E-state index contributed by atoms with van der Waals surface area (Å²) in [6.45, 7) is 4.12. The van der Waals surface area contributed by atoms with Gasteiger partial charge in [0.15, 0.2) is 0 Å². The molecular weight excluding hydrogens is 294 g/mol. The van der Waals surface area contributed by atoms with Crippen molar-refractivity contribution in [3.63, 3.8) is 0 Å². The maximum atomic E-state index is 12.7. The lowest BCUT2D eigenvalue weighted by Gasteiger charge is -2.23. The average Bonchev–Trinajstić information content (AvgIpc) is 2.40. The van der Waals surface area contributed by atoms with Crippen LogP contribution in [-0.2, 0) is 10.0 Å². The molecule has 2 aromatic carbocycles. The molecule has 0 aliphatic carbocycles. The van der Waals surface area contributed by atoms with E-state index < -0.39 is 10.0 Å². The number of benzene rings is 2. The molecule has 0 fully saturated rings. The Hall–Kier alpha value is -1.52. The third-order valence-corrected chi connectivity index (χ3v) is 5.15. The van der Waals surface area contributed by atoms with E-state index in [9.17, 15) is 8.42 Å². The second-order valence-corrected chi connectivity index (χ2v) is 6.76. The monoisotopic (exact) mass is 309 g/mol. The highest BCUT2D eigenvalue weighted by Gasteiger charge is 2.23. The van der Waals surface area contributed by atoms with E-state index in [1.807, 2.05) is 32.0 Å². The van der Waals surface area contributed by atoms with E-state index in [1.165, 1.54) is 16.4 Å². The molecule has 5 heteroatoms. The Morgan fingerprint density at radius 3 is 2.30 bits per heavy atom. The number of nitrogens with zero attached hydrogens (tertiary/aromatic N) is 1. The minimum atomic E-state index is -3.56. The van der Waals surface area contributed by atoms with Gasteiger partial charge in [-0.25, -0.2) is 8.42 Å². The first kappa shape index (κ1) is 14.9. The van der Waals surface area contributed by atoms with Gasteiger partial charge in [0.2, 0.25) is 0 Å². The summed E-state index contributed by atoms with van der Waals surface area (Å²) in [5, 5.41) is 0.516. The summed E-state index contributed by atoms with van der Waals surface area (Å²) in [6.07, 6.45) is 0. The van der Waals surface area contributed by atoms with Gasteiger partial charge in [0.25, 0.3) is 10.0 Å². The third-order valence-electron chi connectivity index (χ3n) is 2.98. The molecule has 0 aliphatic rings. The molecular formula is C15H16ClNO2S. The van der Waals surface area contributed by atoms with Crippen molar-refractivity contribution in [2.45, 2.75) is 18.7 Å². The highest BCUT2D eigenvalue weighted by atomic mass is 35.5. The Balaban J connectivity index is 2.47. The predicted molar refractivity (Wildman–Crippen MR) is 82.8 cm³/mol. The van der Waals surface area contributed by atoms with Crippen molar-refractivity contribution in [1.29, 1.82) is 0 Å². The van der Waals surface area contributed by atoms with Crippen LogP contribution in [0.3, 0.4) is 0 Å². The first-order valence-corrected chi connectivity index (χ1v) is 8.12. The first-order valence-electron chi connectivity index (χ1n) is 6.30. The molecule has 0 amide bonds. The molecule has 2 rings (SSSR count). The molecule has 0 heterocycles. The molecule has 3 nitrogen and oxygen atoms in total. The SMILES string of the molecule is CCN(c1cccc(C)c1)S(=O)(=O)c1ccc(Cl)cc1. The molecule has 0 spiro atoms. The van der Waals surface area contributed by atoms with E-state index in [1.54, 1.807) is 18.2 Å². The van der Waals surface area contributed by atoms with Crippen LogP contribution in [0, 0.1) is 6.92 Å². The van der Waals surface area contributed by atoms with Gasteiger partial charge >= 0.3 is 0 Å². The van der Waals surface area contributed by atoms with E-state index in [0.717, 1.165) is 5.56 Å². The summed E-state index contributed by atoms with van der Waals surface area (Å²) < 4.78 is 26.7. The van der Waals surface area contributed by atoms with Crippen molar-refractivity contribution in [1.82, 2.24) is 0 Å². The van der Waals surface area contributed by atoms with Crippen molar-refractivity contribution < 1.29 is 8.42 Å². The predicted octanol–water partition coefficient (Wildman–Crippen LogP) is 3.86. The first-order chi connectivity index (χ1) is 9.45. The average molecular weight is 310 g/mol. The molecule has 106 valence electrons. The summed E-state index contributed by atoms with van der Waals surface area (Å²) in [6, 6.07) is 13.7. The number of sulfonamides is 1. The summed E-state index contributed by atoms with van der Waals surface area (Å²) in [4.78, 5) is 0.241. The molecule has 0 N–H and O–H groups in total. The number of aryl methyl sites for hydroxylation is 1. The van der Waals surface area contributed by atoms with Crippen molar-refractivity contribution in [3.8, 4) is 0 Å². The molecule has 20 heavy (non-hydrogen) atoms. The van der Waals surface area contributed by atoms with Crippen LogP contribution in [0.1, 0.15) is 12.5 Å². The van der Waals surface area contributed by atoms with Gasteiger partial charge in [0, 0.05) is 11.6 Å². The normalized spacial score (nSPS) is 11.3. The number of rotatable bonds is 4. The lowest BCUT2D eigenvalue weighted by Crippen LogP contribution is -2.30. The highest BCUT2D eigenvalue weighted by molar-refractivity contribution is 7.92. The maximum absolute atomic E-state index is 12.7. The zero-order valence-electron chi connectivity index (χ0n) is 11.4. The Bertz CT molecular complexity index is 696. The van der Waals surface area contributed by atoms with E-state index in [-0.39, 0.29) is 4.90 Å². The van der Waals surface area contributed by atoms with Gasteiger partial charge in [0.05, 0.1) is 10.6 Å². The van der Waals surface area contributed by atoms with Gasteiger partial charge in [-0.15, -0.1) is 0 Å². The van der Waals surface area contributed by atoms with E-state index in [0.29, 0.717) is 17.3 Å². The quantitative estimate of drug-likeness (QED) is 0.860. The molecule has 0 bridgehead atoms. The fourth-order valence-electron chi connectivity index (χ4n) is 2.01. The van der Waals surface area contributed by atoms with E-state index in [4.69, 9.17) is 11.6 Å². The fourth-order valence-corrected chi connectivity index (χ4v) is 3.60. The fraction of sp³-hybridized carbons (Fsp3) is 0.200. The highest BCUT2D eigenvalue weighted by Crippen LogP contribution is 2.25. The third kappa shape index (κ3) is 2.97. The van der Waals surface area contributed by atoms with Gasteiger partial charge in [-0.3, -0.25) is 4.31 Å². The van der Waals surface area contributed by atoms with Gasteiger partial charge in [-0.1, -0.05) is 23.7 Å². The van der Waals surface area contributed by atoms with Gasteiger partial charge in [0.1, 0.15) is 0 Å². The summed E-state index contributed by atoms with van der Waals surface area (Å²) in [5.41, 5.74) is 1.69. The molecule has 0 atom stereocenters. The van der Waals surface area contributed by atoms with Crippen LogP contribution in [-0.4, -0.2) is 15.0 Å². The Kier molecular flexibility index (Phi) is 4.35. The zero-order chi connectivity index (χ0) is 14.8. The lowest BCUT2D eigenvalue weighted by atomic mass is 10.2. The minimum absolute atomic E-state index is 0.241. The summed E-state index contributed by atoms with van der Waals surface area (Å²) in [5.74, 6) is 0. The van der Waals surface area contributed by atoms with Crippen LogP contribution in [0.4, 0.5) is 5.69 Å². The largest absolute Gasteiger partial charge is 0.267 e. The molecule has 2 aromatic rings. The van der Waals surface area contributed by atoms with Gasteiger partial charge in [-0.05, 0) is 55.8 Å². The molecule has 0 aromatic heterocycles. The minimum Gasteiger partial charge on any atom is -0.267 e. The van der Waals surface area contributed by atoms with Gasteiger partial charge in [-0.2, -0.15) is 0 Å². The van der Waals surface area contributed by atoms with Crippen LogP contribution < -0.4 is 4.31 Å². The Labute approximate surface area is 124 Å². The molecule has 0 saturated carbocycles. The summed E-state index contributed by atoms with van der Waals surface area (Å²) in [7, 11) is -3.56. The number of anilines is 1. The number of hydrogen-bond acceptors (Lipinski definition) is 2. The van der Waals surface area contributed by atoms with E-state index >= 15 is 0 Å². The second-order valence-electron chi connectivity index (χ2n) is 4.46. The molecule has 0 unspecified atom stereocenters. The molecule has 0 radical (unpaired) electrons. The number of hydrogen-bond donors (Lipinski definition) is 0. The van der Waals surface area contributed by atoms with Gasteiger partial charge < -0.3 is 0 Å². The van der Waals surface area contributed by atoms with Crippen LogP contribution in [0.15, 0.2) is 53.4 Å². The molecule has 0 saturated heterocycles. The maximum Gasteiger partial charge on any atom is 0.264 e. The Morgan fingerprint density at radius 1 is 1.10 bits per heavy atom. The second kappa shape index (κ2) is 5.85.